The molecule has 0 bridgehead atoms. The van der Waals surface area contributed by atoms with Crippen LogP contribution in [-0.4, -0.2) is 55.3 Å². The van der Waals surface area contributed by atoms with E-state index in [2.05, 4.69) is 15.6 Å². The average Bonchev–Trinajstić information content (AvgIpc) is 2.93. The fraction of sp³-hybridized carbons (Fsp3) is 0.875. The summed E-state index contributed by atoms with van der Waals surface area (Å²) >= 11 is 0. The van der Waals surface area contributed by atoms with Crippen LogP contribution in [-0.2, 0) is 4.74 Å². The van der Waals surface area contributed by atoms with Gasteiger partial charge < -0.3 is 20.3 Å². The van der Waals surface area contributed by atoms with E-state index in [1.165, 1.54) is 25.7 Å². The van der Waals surface area contributed by atoms with Gasteiger partial charge in [0.1, 0.15) is 5.60 Å². The fourth-order valence-electron chi connectivity index (χ4n) is 2.47. The Labute approximate surface area is 157 Å². The predicted molar refractivity (Wildman–Crippen MR) is 106 cm³/mol. The molecule has 136 valence electrons. The Morgan fingerprint density at radius 1 is 1.30 bits per heavy atom. The van der Waals surface area contributed by atoms with Gasteiger partial charge in [0.05, 0.1) is 0 Å². The van der Waals surface area contributed by atoms with Gasteiger partial charge in [0.25, 0.3) is 0 Å². The zero-order chi connectivity index (χ0) is 16.6. The van der Waals surface area contributed by atoms with Crippen molar-refractivity contribution in [1.29, 1.82) is 0 Å². The van der Waals surface area contributed by atoms with Crippen molar-refractivity contribution in [3.63, 3.8) is 0 Å². The smallest absolute Gasteiger partial charge is 0.410 e. The number of amides is 1. The summed E-state index contributed by atoms with van der Waals surface area (Å²) in [6.07, 6.45) is 4.73. The first-order chi connectivity index (χ1) is 10.4. The third kappa shape index (κ3) is 9.22. The quantitative estimate of drug-likeness (QED) is 0.392. The Morgan fingerprint density at radius 3 is 2.39 bits per heavy atom. The van der Waals surface area contributed by atoms with E-state index in [1.54, 1.807) is 11.9 Å². The van der Waals surface area contributed by atoms with Crippen molar-refractivity contribution in [2.75, 3.05) is 26.7 Å². The first-order valence-electron chi connectivity index (χ1n) is 8.31. The molecule has 7 heteroatoms. The lowest BCUT2D eigenvalue weighted by molar-refractivity contribution is 0.0264. The second kappa shape index (κ2) is 10.9. The zero-order valence-corrected chi connectivity index (χ0v) is 17.5. The Morgan fingerprint density at radius 2 is 1.91 bits per heavy atom. The summed E-state index contributed by atoms with van der Waals surface area (Å²) in [5.74, 6) is 0.812. The molecule has 23 heavy (non-hydrogen) atoms. The van der Waals surface area contributed by atoms with Crippen LogP contribution in [0.1, 0.15) is 53.4 Å². The molecule has 1 amide bonds. The molecule has 0 aromatic heterocycles. The molecular weight excluding hydrogens is 407 g/mol. The van der Waals surface area contributed by atoms with Crippen molar-refractivity contribution < 1.29 is 9.53 Å². The highest BCUT2D eigenvalue weighted by Gasteiger charge is 2.21. The molecule has 1 fully saturated rings. The van der Waals surface area contributed by atoms with Crippen LogP contribution in [0.5, 0.6) is 0 Å². The second-order valence-corrected chi connectivity index (χ2v) is 6.68. The van der Waals surface area contributed by atoms with Gasteiger partial charge in [0.2, 0.25) is 0 Å². The topological polar surface area (TPSA) is 66.0 Å². The van der Waals surface area contributed by atoms with Crippen LogP contribution in [0.3, 0.4) is 0 Å². The molecule has 0 unspecified atom stereocenters. The van der Waals surface area contributed by atoms with Crippen LogP contribution >= 0.6 is 24.0 Å². The minimum atomic E-state index is -0.460. The Hall–Kier alpha value is -0.730. The van der Waals surface area contributed by atoms with Crippen molar-refractivity contribution >= 4 is 36.0 Å². The number of hydrogen-bond acceptors (Lipinski definition) is 3. The van der Waals surface area contributed by atoms with Gasteiger partial charge in [-0.05, 0) is 40.5 Å². The highest BCUT2D eigenvalue weighted by molar-refractivity contribution is 14.0. The minimum Gasteiger partial charge on any atom is -0.444 e. The van der Waals surface area contributed by atoms with E-state index in [-0.39, 0.29) is 30.1 Å². The zero-order valence-electron chi connectivity index (χ0n) is 15.1. The van der Waals surface area contributed by atoms with Gasteiger partial charge >= 0.3 is 6.09 Å². The summed E-state index contributed by atoms with van der Waals surface area (Å²) in [5, 5.41) is 6.70. The maximum absolute atomic E-state index is 12.0. The van der Waals surface area contributed by atoms with Gasteiger partial charge in [-0.1, -0.05) is 12.8 Å². The first-order valence-corrected chi connectivity index (χ1v) is 8.31. The van der Waals surface area contributed by atoms with E-state index >= 15 is 0 Å². The highest BCUT2D eigenvalue weighted by atomic mass is 127. The summed E-state index contributed by atoms with van der Waals surface area (Å²) in [7, 11) is 1.77. The molecule has 0 saturated heterocycles. The van der Waals surface area contributed by atoms with Crippen molar-refractivity contribution in [2.45, 2.75) is 65.0 Å². The van der Waals surface area contributed by atoms with Crippen LogP contribution in [0.15, 0.2) is 4.99 Å². The van der Waals surface area contributed by atoms with Gasteiger partial charge in [0, 0.05) is 32.7 Å². The number of ether oxygens (including phenoxy) is 1. The van der Waals surface area contributed by atoms with Gasteiger partial charge in [-0.15, -0.1) is 24.0 Å². The highest BCUT2D eigenvalue weighted by Crippen LogP contribution is 2.17. The molecule has 6 nitrogen and oxygen atoms in total. The average molecular weight is 440 g/mol. The summed E-state index contributed by atoms with van der Waals surface area (Å²) in [6, 6.07) is 0.527. The van der Waals surface area contributed by atoms with Crippen LogP contribution in [0, 0.1) is 0 Å². The van der Waals surface area contributed by atoms with Gasteiger partial charge in [-0.3, -0.25) is 4.99 Å². The maximum atomic E-state index is 12.0. The molecule has 0 heterocycles. The number of carbonyl (C=O) groups is 1. The molecule has 1 aliphatic carbocycles. The molecule has 0 radical (unpaired) electrons. The maximum Gasteiger partial charge on any atom is 0.410 e. The first kappa shape index (κ1) is 22.3. The monoisotopic (exact) mass is 440 g/mol. The van der Waals surface area contributed by atoms with Crippen LogP contribution < -0.4 is 10.6 Å². The standard InChI is InChI=1S/C16H32N4O2.HI/c1-6-20(15(21)22-16(2,3)4)12-11-18-14(17-5)19-13-9-7-8-10-13;/h13H,6-12H2,1-5H3,(H2,17,18,19);1H. The summed E-state index contributed by atoms with van der Waals surface area (Å²) < 4.78 is 5.40. The largest absolute Gasteiger partial charge is 0.444 e. The summed E-state index contributed by atoms with van der Waals surface area (Å²) in [4.78, 5) is 18.0. The molecule has 0 atom stereocenters. The number of likely N-dealkylation sites (N-methyl/N-ethyl adjacent to an activating group) is 1. The Bertz CT molecular complexity index is 377. The van der Waals surface area contributed by atoms with Crippen LogP contribution in [0.2, 0.25) is 0 Å². The number of rotatable bonds is 5. The number of aliphatic imine (C=N–C) groups is 1. The van der Waals surface area contributed by atoms with E-state index in [0.29, 0.717) is 25.7 Å². The molecule has 0 aromatic carbocycles. The molecule has 1 rings (SSSR count). The number of hydrogen-bond donors (Lipinski definition) is 2. The van der Waals surface area contributed by atoms with E-state index in [0.717, 1.165) is 5.96 Å². The number of guanidine groups is 1. The van der Waals surface area contributed by atoms with Crippen molar-refractivity contribution in [1.82, 2.24) is 15.5 Å². The van der Waals surface area contributed by atoms with E-state index in [9.17, 15) is 4.79 Å². The minimum absolute atomic E-state index is 0. The van der Waals surface area contributed by atoms with E-state index < -0.39 is 5.60 Å². The second-order valence-electron chi connectivity index (χ2n) is 6.68. The van der Waals surface area contributed by atoms with Crippen molar-refractivity contribution in [3.05, 3.63) is 0 Å². The summed E-state index contributed by atoms with van der Waals surface area (Å²) in [6.45, 7) is 9.47. The normalized spacial score (nSPS) is 15.8. The fourth-order valence-corrected chi connectivity index (χ4v) is 2.47. The van der Waals surface area contributed by atoms with Crippen molar-refractivity contribution in [2.24, 2.45) is 4.99 Å². The van der Waals surface area contributed by atoms with Gasteiger partial charge in [-0.2, -0.15) is 0 Å². The third-order valence-corrected chi connectivity index (χ3v) is 3.63. The van der Waals surface area contributed by atoms with Crippen LogP contribution in [0.4, 0.5) is 4.79 Å². The Balaban J connectivity index is 0.00000484. The predicted octanol–water partition coefficient (Wildman–Crippen LogP) is 2.97. The molecular formula is C16H33IN4O2. The number of carbonyl (C=O) groups excluding carboxylic acids is 1. The lowest BCUT2D eigenvalue weighted by atomic mass is 10.2. The molecule has 0 aliphatic heterocycles. The molecule has 1 saturated carbocycles. The lowest BCUT2D eigenvalue weighted by Gasteiger charge is -2.27. The molecule has 1 aliphatic rings. The number of nitrogens with zero attached hydrogens (tertiary/aromatic N) is 2. The van der Waals surface area contributed by atoms with E-state index in [1.807, 2.05) is 27.7 Å². The molecule has 2 N–H and O–H groups in total. The SMILES string of the molecule is CCN(CCNC(=NC)NC1CCCC1)C(=O)OC(C)(C)C.I. The van der Waals surface area contributed by atoms with Gasteiger partial charge in [-0.25, -0.2) is 4.79 Å². The third-order valence-electron chi connectivity index (χ3n) is 3.63. The summed E-state index contributed by atoms with van der Waals surface area (Å²) in [5.41, 5.74) is -0.460. The Kier molecular flexibility index (Phi) is 10.6. The lowest BCUT2D eigenvalue weighted by Crippen LogP contribution is -2.46. The van der Waals surface area contributed by atoms with Gasteiger partial charge in [0.15, 0.2) is 5.96 Å². The number of nitrogens with one attached hydrogen (secondary N) is 2. The van der Waals surface area contributed by atoms with Crippen LogP contribution in [0.25, 0.3) is 0 Å². The van der Waals surface area contributed by atoms with E-state index in [4.69, 9.17) is 4.74 Å². The molecule has 0 spiro atoms. The number of halogens is 1. The van der Waals surface area contributed by atoms with Crippen molar-refractivity contribution in [3.8, 4) is 0 Å². The molecule has 0 aromatic rings.